The number of aryl methyl sites for hydroxylation is 1. The van der Waals surface area contributed by atoms with E-state index in [-0.39, 0.29) is 0 Å². The molecule has 92 valence electrons. The van der Waals surface area contributed by atoms with Crippen molar-refractivity contribution in [2.24, 2.45) is 0 Å². The van der Waals surface area contributed by atoms with Gasteiger partial charge in [0.1, 0.15) is 5.52 Å². The number of hydrogen-bond donors (Lipinski definition) is 1. The lowest BCUT2D eigenvalue weighted by Crippen LogP contribution is -2.30. The smallest absolute Gasteiger partial charge is 0.192 e. The average molecular weight is 233 g/mol. The van der Waals surface area contributed by atoms with Crippen LogP contribution in [0.4, 0.5) is 0 Å². The van der Waals surface area contributed by atoms with Gasteiger partial charge in [-0.15, -0.1) is 0 Å². The molecule has 0 amide bonds. The van der Waals surface area contributed by atoms with Gasteiger partial charge in [-0.05, 0) is 38.2 Å². The minimum absolute atomic E-state index is 0.726. The van der Waals surface area contributed by atoms with Gasteiger partial charge < -0.3 is 9.73 Å². The van der Waals surface area contributed by atoms with Crippen molar-refractivity contribution in [3.8, 4) is 0 Å². The highest BCUT2D eigenvalue weighted by Gasteiger charge is 2.04. The van der Waals surface area contributed by atoms with Gasteiger partial charge in [-0.3, -0.25) is 4.90 Å². The summed E-state index contributed by atoms with van der Waals surface area (Å²) in [5, 5.41) is 3.13. The van der Waals surface area contributed by atoms with Crippen molar-refractivity contribution in [2.75, 3.05) is 27.3 Å². The summed E-state index contributed by atoms with van der Waals surface area (Å²) in [6, 6.07) is 6.24. The van der Waals surface area contributed by atoms with Crippen LogP contribution in [0.2, 0.25) is 0 Å². The second-order valence-corrected chi connectivity index (χ2v) is 4.38. The fourth-order valence-corrected chi connectivity index (χ4v) is 1.91. The summed E-state index contributed by atoms with van der Waals surface area (Å²) in [6.07, 6.45) is 1.02. The average Bonchev–Trinajstić information content (AvgIpc) is 2.66. The summed E-state index contributed by atoms with van der Waals surface area (Å²) >= 11 is 0. The highest BCUT2D eigenvalue weighted by molar-refractivity contribution is 5.73. The van der Waals surface area contributed by atoms with E-state index in [0.29, 0.717) is 0 Å². The predicted octanol–water partition coefficient (Wildman–Crippen LogP) is 1.79. The molecule has 2 rings (SSSR count). The van der Waals surface area contributed by atoms with E-state index in [1.165, 1.54) is 5.56 Å². The molecule has 0 aliphatic carbocycles. The Morgan fingerprint density at radius 3 is 3.00 bits per heavy atom. The quantitative estimate of drug-likeness (QED) is 0.799. The number of nitrogens with one attached hydrogen (secondary N) is 1. The molecular formula is C13H19N3O. The molecule has 0 saturated heterocycles. The number of oxazole rings is 1. The van der Waals surface area contributed by atoms with Crippen LogP contribution in [0.15, 0.2) is 22.6 Å². The minimum Gasteiger partial charge on any atom is -0.441 e. The topological polar surface area (TPSA) is 41.3 Å². The summed E-state index contributed by atoms with van der Waals surface area (Å²) in [4.78, 5) is 6.54. The fraction of sp³-hybridized carbons (Fsp3) is 0.462. The Kier molecular flexibility index (Phi) is 3.76. The van der Waals surface area contributed by atoms with Crippen LogP contribution < -0.4 is 5.32 Å². The molecule has 0 unspecified atom stereocenters. The van der Waals surface area contributed by atoms with E-state index in [4.69, 9.17) is 4.42 Å². The molecule has 4 nitrogen and oxygen atoms in total. The van der Waals surface area contributed by atoms with Crippen molar-refractivity contribution in [2.45, 2.75) is 13.3 Å². The van der Waals surface area contributed by atoms with Crippen LogP contribution in [0.3, 0.4) is 0 Å². The lowest BCUT2D eigenvalue weighted by molar-refractivity contribution is 0.321. The number of rotatable bonds is 5. The first kappa shape index (κ1) is 12.1. The maximum absolute atomic E-state index is 5.53. The Morgan fingerprint density at radius 2 is 2.24 bits per heavy atom. The summed E-state index contributed by atoms with van der Waals surface area (Å²) in [7, 11) is 4.06. The molecule has 0 spiro atoms. The summed E-state index contributed by atoms with van der Waals surface area (Å²) < 4.78 is 5.53. The van der Waals surface area contributed by atoms with Gasteiger partial charge in [-0.2, -0.15) is 0 Å². The van der Waals surface area contributed by atoms with Crippen molar-refractivity contribution in [1.82, 2.24) is 15.2 Å². The maximum atomic E-state index is 5.53. The molecule has 0 aliphatic heterocycles. The van der Waals surface area contributed by atoms with E-state index in [1.807, 2.05) is 20.0 Å². The van der Waals surface area contributed by atoms with Crippen LogP contribution in [-0.2, 0) is 6.42 Å². The molecule has 0 atom stereocenters. The van der Waals surface area contributed by atoms with Gasteiger partial charge >= 0.3 is 0 Å². The zero-order chi connectivity index (χ0) is 12.3. The molecule has 4 heteroatoms. The Labute approximate surface area is 102 Å². The number of benzene rings is 1. The van der Waals surface area contributed by atoms with Crippen LogP contribution in [0.1, 0.15) is 11.5 Å². The molecule has 0 bridgehead atoms. The first-order chi connectivity index (χ1) is 8.19. The molecule has 1 heterocycles. The number of fused-ring (bicyclic) bond motifs is 1. The van der Waals surface area contributed by atoms with Gasteiger partial charge in [-0.1, -0.05) is 6.07 Å². The van der Waals surface area contributed by atoms with Crippen LogP contribution in [-0.4, -0.2) is 37.2 Å². The maximum Gasteiger partial charge on any atom is 0.192 e. The number of hydrogen-bond acceptors (Lipinski definition) is 4. The van der Waals surface area contributed by atoms with Crippen LogP contribution in [0.25, 0.3) is 11.1 Å². The molecule has 1 N–H and O–H groups in total. The van der Waals surface area contributed by atoms with Gasteiger partial charge in [-0.25, -0.2) is 4.98 Å². The van der Waals surface area contributed by atoms with E-state index in [0.717, 1.165) is 36.6 Å². The zero-order valence-corrected chi connectivity index (χ0v) is 10.7. The minimum atomic E-state index is 0.726. The normalized spacial score (nSPS) is 11.5. The monoisotopic (exact) mass is 233 g/mol. The van der Waals surface area contributed by atoms with Crippen LogP contribution in [0.5, 0.6) is 0 Å². The Morgan fingerprint density at radius 1 is 1.41 bits per heavy atom. The second kappa shape index (κ2) is 5.29. The van der Waals surface area contributed by atoms with Gasteiger partial charge in [0, 0.05) is 20.1 Å². The fourth-order valence-electron chi connectivity index (χ4n) is 1.91. The highest BCUT2D eigenvalue weighted by atomic mass is 16.3. The van der Waals surface area contributed by atoms with Crippen molar-refractivity contribution < 1.29 is 4.42 Å². The summed E-state index contributed by atoms with van der Waals surface area (Å²) in [5.41, 5.74) is 3.11. The predicted molar refractivity (Wildman–Crippen MR) is 69.0 cm³/mol. The second-order valence-electron chi connectivity index (χ2n) is 4.38. The third-order valence-corrected chi connectivity index (χ3v) is 2.77. The van der Waals surface area contributed by atoms with Crippen LogP contribution >= 0.6 is 0 Å². The summed E-state index contributed by atoms with van der Waals surface area (Å²) in [6.45, 7) is 3.81. The largest absolute Gasteiger partial charge is 0.441 e. The molecule has 17 heavy (non-hydrogen) atoms. The molecule has 2 aromatic rings. The van der Waals surface area contributed by atoms with Gasteiger partial charge in [0.2, 0.25) is 0 Å². The van der Waals surface area contributed by atoms with E-state index >= 15 is 0 Å². The standard InChI is InChI=1S/C13H19N3O/c1-10-15-12-5-4-11(8-13(12)17-10)6-7-16(3)9-14-2/h4-5,8,14H,6-7,9H2,1-3H3. The SMILES string of the molecule is CNCN(C)CCc1ccc2nc(C)oc2c1. The number of likely N-dealkylation sites (N-methyl/N-ethyl adjacent to an activating group) is 1. The first-order valence-corrected chi connectivity index (χ1v) is 5.88. The Hall–Kier alpha value is -1.39. The first-order valence-electron chi connectivity index (χ1n) is 5.88. The summed E-state index contributed by atoms with van der Waals surface area (Å²) in [5.74, 6) is 0.726. The van der Waals surface area contributed by atoms with Crippen LogP contribution in [0, 0.1) is 6.92 Å². The Balaban J connectivity index is 2.03. The molecule has 0 aliphatic rings. The lowest BCUT2D eigenvalue weighted by atomic mass is 10.1. The van der Waals surface area contributed by atoms with Crippen molar-refractivity contribution >= 4 is 11.1 Å². The van der Waals surface area contributed by atoms with E-state index < -0.39 is 0 Å². The van der Waals surface area contributed by atoms with Crippen molar-refractivity contribution in [3.05, 3.63) is 29.7 Å². The third-order valence-electron chi connectivity index (χ3n) is 2.77. The van der Waals surface area contributed by atoms with Crippen molar-refractivity contribution in [3.63, 3.8) is 0 Å². The Bertz CT molecular complexity index is 492. The highest BCUT2D eigenvalue weighted by Crippen LogP contribution is 2.17. The number of aromatic nitrogens is 1. The molecular weight excluding hydrogens is 214 g/mol. The van der Waals surface area contributed by atoms with Gasteiger partial charge in [0.05, 0.1) is 0 Å². The molecule has 1 aromatic carbocycles. The van der Waals surface area contributed by atoms with E-state index in [1.54, 1.807) is 0 Å². The van der Waals surface area contributed by atoms with Gasteiger partial charge in [0.15, 0.2) is 11.5 Å². The van der Waals surface area contributed by atoms with Crippen molar-refractivity contribution in [1.29, 1.82) is 0 Å². The van der Waals surface area contributed by atoms with E-state index in [9.17, 15) is 0 Å². The number of nitrogens with zero attached hydrogens (tertiary/aromatic N) is 2. The molecule has 1 aromatic heterocycles. The molecule has 0 radical (unpaired) electrons. The lowest BCUT2D eigenvalue weighted by Gasteiger charge is -2.15. The van der Waals surface area contributed by atoms with Gasteiger partial charge in [0.25, 0.3) is 0 Å². The molecule has 0 fully saturated rings. The molecule has 0 saturated carbocycles. The zero-order valence-electron chi connectivity index (χ0n) is 10.7. The third kappa shape index (κ3) is 3.05. The van der Waals surface area contributed by atoms with E-state index in [2.05, 4.69) is 34.4 Å².